The fourth-order valence-corrected chi connectivity index (χ4v) is 3.07. The summed E-state index contributed by atoms with van der Waals surface area (Å²) in [7, 11) is 0. The minimum Gasteiger partial charge on any atom is -0.371 e. The van der Waals surface area contributed by atoms with Crippen LogP contribution in [-0.2, 0) is 17.5 Å². The summed E-state index contributed by atoms with van der Waals surface area (Å²) in [6.45, 7) is 0.741. The molecule has 0 saturated heterocycles. The second kappa shape index (κ2) is 6.62. The van der Waals surface area contributed by atoms with E-state index >= 15 is 0 Å². The summed E-state index contributed by atoms with van der Waals surface area (Å²) in [6.07, 6.45) is -0.308. The number of alkyl halides is 3. The maximum atomic E-state index is 12.9. The molecule has 0 bridgehead atoms. The van der Waals surface area contributed by atoms with Gasteiger partial charge in [-0.05, 0) is 18.2 Å². The number of amides is 1. The van der Waals surface area contributed by atoms with E-state index < -0.39 is 11.7 Å². The van der Waals surface area contributed by atoms with Crippen LogP contribution in [0.4, 0.5) is 13.2 Å². The molecule has 4 rings (SSSR count). The summed E-state index contributed by atoms with van der Waals surface area (Å²) in [5.41, 5.74) is 0.391. The Bertz CT molecular complexity index is 987. The van der Waals surface area contributed by atoms with Gasteiger partial charge in [0, 0.05) is 18.9 Å². The highest BCUT2D eigenvalue weighted by molar-refractivity contribution is 5.93. The Morgan fingerprint density at radius 2 is 2.07 bits per heavy atom. The van der Waals surface area contributed by atoms with Gasteiger partial charge in [-0.3, -0.25) is 4.79 Å². The van der Waals surface area contributed by atoms with Crippen molar-refractivity contribution in [2.45, 2.75) is 18.8 Å². The smallest absolute Gasteiger partial charge is 0.371 e. The summed E-state index contributed by atoms with van der Waals surface area (Å²) in [4.78, 5) is 24.0. The lowest BCUT2D eigenvalue weighted by molar-refractivity contribution is -0.137. The number of hydrogen-bond acceptors (Lipinski definition) is 5. The van der Waals surface area contributed by atoms with Gasteiger partial charge in [0.2, 0.25) is 0 Å². The van der Waals surface area contributed by atoms with Crippen LogP contribution in [0.1, 0.15) is 27.8 Å². The zero-order valence-electron chi connectivity index (χ0n) is 13.9. The Labute approximate surface area is 151 Å². The van der Waals surface area contributed by atoms with Crippen LogP contribution in [0.25, 0.3) is 11.0 Å². The molecule has 1 N–H and O–H groups in total. The van der Waals surface area contributed by atoms with E-state index in [1.165, 1.54) is 24.8 Å². The van der Waals surface area contributed by atoms with Crippen LogP contribution in [0.2, 0.25) is 0 Å². The van der Waals surface area contributed by atoms with Crippen molar-refractivity contribution in [2.75, 3.05) is 13.2 Å². The predicted molar refractivity (Wildman–Crippen MR) is 87.8 cm³/mol. The number of nitrogens with zero attached hydrogens (tertiary/aromatic N) is 4. The monoisotopic (exact) mass is 377 g/mol. The van der Waals surface area contributed by atoms with Gasteiger partial charge in [-0.1, -0.05) is 0 Å². The van der Waals surface area contributed by atoms with Crippen molar-refractivity contribution >= 4 is 16.9 Å². The van der Waals surface area contributed by atoms with Gasteiger partial charge in [0.1, 0.15) is 18.8 Å². The molecule has 1 atom stereocenters. The van der Waals surface area contributed by atoms with E-state index in [2.05, 4.69) is 20.3 Å². The second-order valence-electron chi connectivity index (χ2n) is 6.11. The molecule has 140 valence electrons. The number of ether oxygens (including phenoxy) is 1. The van der Waals surface area contributed by atoms with Gasteiger partial charge in [0.25, 0.3) is 5.91 Å². The Hall–Kier alpha value is -3.01. The molecule has 3 heterocycles. The van der Waals surface area contributed by atoms with Crippen molar-refractivity contribution in [1.82, 2.24) is 24.8 Å². The first kappa shape index (κ1) is 17.4. The van der Waals surface area contributed by atoms with E-state index in [-0.39, 0.29) is 30.6 Å². The molecule has 0 fully saturated rings. The summed E-state index contributed by atoms with van der Waals surface area (Å²) < 4.78 is 46.1. The van der Waals surface area contributed by atoms with Gasteiger partial charge in [-0.15, -0.1) is 0 Å². The number of carbonyl (C=O) groups is 1. The van der Waals surface area contributed by atoms with E-state index in [9.17, 15) is 18.0 Å². The molecule has 0 spiro atoms. The fourth-order valence-electron chi connectivity index (χ4n) is 3.07. The van der Waals surface area contributed by atoms with E-state index in [1.807, 2.05) is 4.57 Å². The fraction of sp³-hybridized carbons (Fsp3) is 0.294. The minimum atomic E-state index is -4.43. The van der Waals surface area contributed by atoms with Gasteiger partial charge in [-0.2, -0.15) is 13.2 Å². The van der Waals surface area contributed by atoms with Crippen molar-refractivity contribution in [3.05, 3.63) is 53.9 Å². The van der Waals surface area contributed by atoms with Crippen LogP contribution in [0, 0.1) is 0 Å². The molecule has 0 saturated carbocycles. The standard InChI is InChI=1S/C17H14F3N5O2/c18-17(19,20)11-1-2-14-13(3-11)24-15-8-27-7-12(25(14)15)6-23-16(26)10-4-21-9-22-5-10/h1-5,9,12H,6-8H2,(H,23,26)/t12-/m0/s1. The summed E-state index contributed by atoms with van der Waals surface area (Å²) in [5, 5.41) is 2.77. The molecule has 7 nitrogen and oxygen atoms in total. The summed E-state index contributed by atoms with van der Waals surface area (Å²) in [5.74, 6) is 0.185. The van der Waals surface area contributed by atoms with E-state index in [0.29, 0.717) is 23.5 Å². The number of imidazole rings is 1. The average Bonchev–Trinajstić information content (AvgIpc) is 3.04. The van der Waals surface area contributed by atoms with Gasteiger partial charge in [-0.25, -0.2) is 15.0 Å². The summed E-state index contributed by atoms with van der Waals surface area (Å²) in [6, 6.07) is 3.17. The van der Waals surface area contributed by atoms with Gasteiger partial charge >= 0.3 is 6.18 Å². The first-order valence-corrected chi connectivity index (χ1v) is 8.12. The molecule has 27 heavy (non-hydrogen) atoms. The molecule has 0 aliphatic carbocycles. The molecule has 0 radical (unpaired) electrons. The van der Waals surface area contributed by atoms with E-state index in [4.69, 9.17) is 4.74 Å². The van der Waals surface area contributed by atoms with Crippen LogP contribution in [0.15, 0.2) is 36.9 Å². The number of carbonyl (C=O) groups excluding carboxylic acids is 1. The zero-order chi connectivity index (χ0) is 19.0. The first-order chi connectivity index (χ1) is 12.9. The van der Waals surface area contributed by atoms with Crippen molar-refractivity contribution in [2.24, 2.45) is 0 Å². The molecule has 1 aromatic carbocycles. The number of halogens is 3. The van der Waals surface area contributed by atoms with Crippen LogP contribution in [-0.4, -0.2) is 38.6 Å². The highest BCUT2D eigenvalue weighted by Crippen LogP contribution is 2.33. The third-order valence-electron chi connectivity index (χ3n) is 4.32. The lowest BCUT2D eigenvalue weighted by Gasteiger charge is -2.26. The Morgan fingerprint density at radius 3 is 2.81 bits per heavy atom. The van der Waals surface area contributed by atoms with Crippen LogP contribution >= 0.6 is 0 Å². The zero-order valence-corrected chi connectivity index (χ0v) is 13.9. The van der Waals surface area contributed by atoms with E-state index in [1.54, 1.807) is 0 Å². The molecule has 3 aromatic rings. The lowest BCUT2D eigenvalue weighted by atomic mass is 10.2. The Morgan fingerprint density at radius 1 is 1.30 bits per heavy atom. The van der Waals surface area contributed by atoms with Crippen LogP contribution < -0.4 is 5.32 Å². The van der Waals surface area contributed by atoms with Crippen molar-refractivity contribution in [3.63, 3.8) is 0 Å². The number of aromatic nitrogens is 4. The molecule has 2 aromatic heterocycles. The molecule has 1 aliphatic rings. The minimum absolute atomic E-state index is 0.201. The van der Waals surface area contributed by atoms with Crippen molar-refractivity contribution in [1.29, 1.82) is 0 Å². The maximum Gasteiger partial charge on any atom is 0.416 e. The third-order valence-corrected chi connectivity index (χ3v) is 4.32. The number of fused-ring (bicyclic) bond motifs is 3. The van der Waals surface area contributed by atoms with Crippen molar-refractivity contribution in [3.8, 4) is 0 Å². The molecular weight excluding hydrogens is 363 g/mol. The first-order valence-electron chi connectivity index (χ1n) is 8.12. The molecular formula is C17H14F3N5O2. The predicted octanol–water partition coefficient (Wildman–Crippen LogP) is 2.35. The number of nitrogens with one attached hydrogen (secondary N) is 1. The lowest BCUT2D eigenvalue weighted by Crippen LogP contribution is -2.35. The highest BCUT2D eigenvalue weighted by Gasteiger charge is 2.32. The molecule has 1 amide bonds. The largest absolute Gasteiger partial charge is 0.416 e. The number of rotatable bonds is 3. The third kappa shape index (κ3) is 3.35. The SMILES string of the molecule is O=C(NC[C@H]1COCc2nc3cc(C(F)(F)F)ccc3n21)c1cncnc1. The van der Waals surface area contributed by atoms with Gasteiger partial charge in [0.15, 0.2) is 0 Å². The quantitative estimate of drug-likeness (QED) is 0.758. The number of hydrogen-bond donors (Lipinski definition) is 1. The Kier molecular flexibility index (Phi) is 4.27. The Balaban J connectivity index is 1.60. The number of benzene rings is 1. The van der Waals surface area contributed by atoms with Crippen molar-refractivity contribution < 1.29 is 22.7 Å². The highest BCUT2D eigenvalue weighted by atomic mass is 19.4. The maximum absolute atomic E-state index is 12.9. The second-order valence-corrected chi connectivity index (χ2v) is 6.11. The molecule has 1 aliphatic heterocycles. The topological polar surface area (TPSA) is 81.9 Å². The molecule has 0 unspecified atom stereocenters. The normalized spacial score (nSPS) is 16.9. The summed E-state index contributed by atoms with van der Waals surface area (Å²) >= 11 is 0. The van der Waals surface area contributed by atoms with Crippen LogP contribution in [0.3, 0.4) is 0 Å². The molecule has 10 heteroatoms. The van der Waals surface area contributed by atoms with Gasteiger partial charge < -0.3 is 14.6 Å². The van der Waals surface area contributed by atoms with Crippen LogP contribution in [0.5, 0.6) is 0 Å². The van der Waals surface area contributed by atoms with E-state index in [0.717, 1.165) is 12.1 Å². The average molecular weight is 377 g/mol. The van der Waals surface area contributed by atoms with Gasteiger partial charge in [0.05, 0.1) is 34.8 Å².